The molecule has 3 N–H and O–H groups in total. The van der Waals surface area contributed by atoms with Gasteiger partial charge in [0.15, 0.2) is 0 Å². The number of aliphatic carboxylic acids is 1. The number of carbonyl (C=O) groups is 3. The maximum absolute atomic E-state index is 12.0. The molecule has 1 rings (SSSR count). The van der Waals surface area contributed by atoms with Gasteiger partial charge in [0, 0.05) is 11.9 Å². The SMILES string of the molecule is CN(Cc1cccs1)C(=O)CN(CC(N)=O)CC(=O)O. The van der Waals surface area contributed by atoms with Crippen LogP contribution in [0, 0.1) is 0 Å². The van der Waals surface area contributed by atoms with E-state index in [0.29, 0.717) is 6.54 Å². The van der Waals surface area contributed by atoms with E-state index in [0.717, 1.165) is 4.88 Å². The second-order valence-corrected chi connectivity index (χ2v) is 5.37. The Labute approximate surface area is 120 Å². The summed E-state index contributed by atoms with van der Waals surface area (Å²) in [5.41, 5.74) is 5.03. The predicted molar refractivity (Wildman–Crippen MR) is 74.1 cm³/mol. The molecule has 20 heavy (non-hydrogen) atoms. The molecule has 110 valence electrons. The number of nitrogens with two attached hydrogens (primary N) is 1. The summed E-state index contributed by atoms with van der Waals surface area (Å²) >= 11 is 1.53. The highest BCUT2D eigenvalue weighted by Crippen LogP contribution is 2.10. The zero-order valence-electron chi connectivity index (χ0n) is 11.1. The lowest BCUT2D eigenvalue weighted by molar-refractivity contribution is -0.140. The minimum Gasteiger partial charge on any atom is -0.480 e. The molecule has 0 radical (unpaired) electrons. The Kier molecular flexibility index (Phi) is 6.13. The van der Waals surface area contributed by atoms with E-state index in [1.54, 1.807) is 7.05 Å². The molecule has 1 aromatic heterocycles. The lowest BCUT2D eigenvalue weighted by Gasteiger charge is -2.22. The number of hydrogen-bond acceptors (Lipinski definition) is 5. The molecule has 8 heteroatoms. The third-order valence-electron chi connectivity index (χ3n) is 2.50. The molecule has 0 fully saturated rings. The van der Waals surface area contributed by atoms with Gasteiger partial charge in [0.05, 0.1) is 26.2 Å². The summed E-state index contributed by atoms with van der Waals surface area (Å²) in [7, 11) is 1.63. The van der Waals surface area contributed by atoms with Crippen LogP contribution in [-0.4, -0.2) is 59.4 Å². The molecule has 1 heterocycles. The van der Waals surface area contributed by atoms with Crippen molar-refractivity contribution in [3.63, 3.8) is 0 Å². The molecule has 0 bridgehead atoms. The van der Waals surface area contributed by atoms with Crippen LogP contribution in [0.4, 0.5) is 0 Å². The monoisotopic (exact) mass is 299 g/mol. The van der Waals surface area contributed by atoms with Gasteiger partial charge in [-0.15, -0.1) is 11.3 Å². The van der Waals surface area contributed by atoms with Crippen LogP contribution < -0.4 is 5.73 Å². The van der Waals surface area contributed by atoms with E-state index < -0.39 is 18.4 Å². The molecule has 0 saturated heterocycles. The van der Waals surface area contributed by atoms with Crippen molar-refractivity contribution >= 4 is 29.1 Å². The van der Waals surface area contributed by atoms with Gasteiger partial charge in [-0.25, -0.2) is 0 Å². The van der Waals surface area contributed by atoms with Gasteiger partial charge in [-0.2, -0.15) is 0 Å². The first kappa shape index (κ1) is 16.1. The molecule has 0 saturated carbocycles. The van der Waals surface area contributed by atoms with Crippen LogP contribution in [0.5, 0.6) is 0 Å². The van der Waals surface area contributed by atoms with Gasteiger partial charge in [0.25, 0.3) is 0 Å². The number of carbonyl (C=O) groups excluding carboxylic acids is 2. The number of hydrogen-bond donors (Lipinski definition) is 2. The fraction of sp³-hybridized carbons (Fsp3) is 0.417. The van der Waals surface area contributed by atoms with Crippen molar-refractivity contribution in [2.75, 3.05) is 26.7 Å². The summed E-state index contributed by atoms with van der Waals surface area (Å²) in [6, 6.07) is 3.80. The molecule has 0 atom stereocenters. The number of primary amides is 1. The van der Waals surface area contributed by atoms with Gasteiger partial charge in [0.1, 0.15) is 0 Å². The Hall–Kier alpha value is -1.93. The van der Waals surface area contributed by atoms with Crippen molar-refractivity contribution in [1.29, 1.82) is 0 Å². The van der Waals surface area contributed by atoms with E-state index >= 15 is 0 Å². The minimum absolute atomic E-state index is 0.156. The van der Waals surface area contributed by atoms with Gasteiger partial charge in [-0.3, -0.25) is 19.3 Å². The standard InChI is InChI=1S/C12H17N3O4S/c1-14(5-9-3-2-4-20-9)11(17)7-15(6-10(13)16)8-12(18)19/h2-4H,5-8H2,1H3,(H2,13,16)(H,18,19). The Morgan fingerprint density at radius 3 is 2.50 bits per heavy atom. The highest BCUT2D eigenvalue weighted by atomic mass is 32.1. The van der Waals surface area contributed by atoms with Crippen LogP contribution in [0.15, 0.2) is 17.5 Å². The number of carboxylic acids is 1. The zero-order valence-corrected chi connectivity index (χ0v) is 11.9. The first-order chi connectivity index (χ1) is 9.38. The van der Waals surface area contributed by atoms with Crippen molar-refractivity contribution in [3.8, 4) is 0 Å². The average molecular weight is 299 g/mol. The predicted octanol–water partition coefficient (Wildman–Crippen LogP) is -0.422. The third kappa shape index (κ3) is 5.81. The van der Waals surface area contributed by atoms with E-state index in [1.165, 1.54) is 21.1 Å². The number of thiophene rings is 1. The number of rotatable bonds is 8. The first-order valence-electron chi connectivity index (χ1n) is 5.87. The van der Waals surface area contributed by atoms with Gasteiger partial charge < -0.3 is 15.7 Å². The smallest absolute Gasteiger partial charge is 0.317 e. The summed E-state index contributed by atoms with van der Waals surface area (Å²) in [4.78, 5) is 37.3. The Morgan fingerprint density at radius 1 is 1.30 bits per heavy atom. The van der Waals surface area contributed by atoms with Gasteiger partial charge in [0.2, 0.25) is 11.8 Å². The maximum atomic E-state index is 12.0. The number of amides is 2. The van der Waals surface area contributed by atoms with Crippen LogP contribution in [0.2, 0.25) is 0 Å². The van der Waals surface area contributed by atoms with Gasteiger partial charge in [-0.05, 0) is 11.4 Å². The number of nitrogens with zero attached hydrogens (tertiary/aromatic N) is 2. The highest BCUT2D eigenvalue weighted by molar-refractivity contribution is 7.09. The van der Waals surface area contributed by atoms with Crippen molar-refractivity contribution < 1.29 is 19.5 Å². The van der Waals surface area contributed by atoms with E-state index in [2.05, 4.69) is 0 Å². The second kappa shape index (κ2) is 7.61. The quantitative estimate of drug-likeness (QED) is 0.678. The number of carboxylic acid groups (broad SMARTS) is 1. The number of likely N-dealkylation sites (N-methyl/N-ethyl adjacent to an activating group) is 1. The minimum atomic E-state index is -1.11. The lowest BCUT2D eigenvalue weighted by Crippen LogP contribution is -2.44. The largest absolute Gasteiger partial charge is 0.480 e. The van der Waals surface area contributed by atoms with Crippen molar-refractivity contribution in [2.24, 2.45) is 5.73 Å². The van der Waals surface area contributed by atoms with Crippen molar-refractivity contribution in [3.05, 3.63) is 22.4 Å². The van der Waals surface area contributed by atoms with E-state index in [1.807, 2.05) is 17.5 Å². The maximum Gasteiger partial charge on any atom is 0.317 e. The van der Waals surface area contributed by atoms with Crippen molar-refractivity contribution in [2.45, 2.75) is 6.54 Å². The van der Waals surface area contributed by atoms with Crippen LogP contribution in [0.1, 0.15) is 4.88 Å². The van der Waals surface area contributed by atoms with E-state index in [-0.39, 0.29) is 19.0 Å². The van der Waals surface area contributed by atoms with E-state index in [4.69, 9.17) is 10.8 Å². The molecule has 2 amide bonds. The average Bonchev–Trinajstić information content (AvgIpc) is 2.79. The van der Waals surface area contributed by atoms with Gasteiger partial charge >= 0.3 is 5.97 Å². The molecule has 0 aromatic carbocycles. The highest BCUT2D eigenvalue weighted by Gasteiger charge is 2.18. The molecule has 7 nitrogen and oxygen atoms in total. The van der Waals surface area contributed by atoms with Crippen LogP contribution in [0.3, 0.4) is 0 Å². The third-order valence-corrected chi connectivity index (χ3v) is 3.36. The molecule has 0 spiro atoms. The molecule has 0 aliphatic heterocycles. The summed E-state index contributed by atoms with van der Waals surface area (Å²) < 4.78 is 0. The Balaban J connectivity index is 2.55. The molecular weight excluding hydrogens is 282 g/mol. The van der Waals surface area contributed by atoms with E-state index in [9.17, 15) is 14.4 Å². The fourth-order valence-electron chi connectivity index (χ4n) is 1.62. The zero-order chi connectivity index (χ0) is 15.1. The summed E-state index contributed by atoms with van der Waals surface area (Å²) in [5.74, 6) is -2.04. The molecular formula is C12H17N3O4S. The fourth-order valence-corrected chi connectivity index (χ4v) is 2.37. The normalized spacial score (nSPS) is 10.5. The molecule has 0 unspecified atom stereocenters. The topological polar surface area (TPSA) is 104 Å². The van der Waals surface area contributed by atoms with Crippen molar-refractivity contribution in [1.82, 2.24) is 9.80 Å². The summed E-state index contributed by atoms with van der Waals surface area (Å²) in [6.07, 6.45) is 0. The molecule has 1 aromatic rings. The van der Waals surface area contributed by atoms with Gasteiger partial charge in [-0.1, -0.05) is 6.07 Å². The molecule has 0 aliphatic carbocycles. The first-order valence-corrected chi connectivity index (χ1v) is 6.75. The van der Waals surface area contributed by atoms with Crippen LogP contribution in [-0.2, 0) is 20.9 Å². The Morgan fingerprint density at radius 2 is 2.00 bits per heavy atom. The summed E-state index contributed by atoms with van der Waals surface area (Å²) in [6.45, 7) is -0.364. The summed E-state index contributed by atoms with van der Waals surface area (Å²) in [5, 5.41) is 10.7. The van der Waals surface area contributed by atoms with Crippen LogP contribution in [0.25, 0.3) is 0 Å². The molecule has 0 aliphatic rings. The van der Waals surface area contributed by atoms with Crippen LogP contribution >= 0.6 is 11.3 Å². The second-order valence-electron chi connectivity index (χ2n) is 4.33. The Bertz CT molecular complexity index is 459. The lowest BCUT2D eigenvalue weighted by atomic mass is 10.3.